The molecule has 0 spiro atoms. The van der Waals surface area contributed by atoms with Gasteiger partial charge in [0.25, 0.3) is 0 Å². The zero-order valence-electron chi connectivity index (χ0n) is 15.4. The third kappa shape index (κ3) is 4.01. The summed E-state index contributed by atoms with van der Waals surface area (Å²) in [5.41, 5.74) is 4.31. The summed E-state index contributed by atoms with van der Waals surface area (Å²) in [6, 6.07) is 18.5. The Labute approximate surface area is 154 Å². The Hall–Kier alpha value is -2.48. The molecular weight excluding hydrogens is 326 g/mol. The van der Waals surface area contributed by atoms with E-state index >= 15 is 0 Å². The summed E-state index contributed by atoms with van der Waals surface area (Å²) in [7, 11) is 0. The fourth-order valence-corrected chi connectivity index (χ4v) is 3.16. The summed E-state index contributed by atoms with van der Waals surface area (Å²) in [5, 5.41) is 0. The first-order valence-corrected chi connectivity index (χ1v) is 9.24. The fourth-order valence-electron chi connectivity index (χ4n) is 3.16. The molecule has 2 heteroatoms. The van der Waals surface area contributed by atoms with Gasteiger partial charge in [0.05, 0.1) is 0 Å². The largest absolute Gasteiger partial charge is 0.203 e. The summed E-state index contributed by atoms with van der Waals surface area (Å²) in [4.78, 5) is 0. The maximum absolute atomic E-state index is 14.7. The first kappa shape index (κ1) is 18.3. The minimum atomic E-state index is -0.793. The Bertz CT molecular complexity index is 862. The molecule has 0 nitrogen and oxygen atoms in total. The van der Waals surface area contributed by atoms with Crippen LogP contribution in [0, 0.1) is 18.6 Å². The smallest absolute Gasteiger partial charge is 0.167 e. The standard InChI is InChI=1S/C24H24F2/c1-3-4-5-6-18-9-13-20(14-10-18)22-16-15-21(23(25)24(22)26)19-11-7-17(2)8-12-19/h7-16H,3-6H2,1-2H3. The van der Waals surface area contributed by atoms with Gasteiger partial charge in [-0.3, -0.25) is 0 Å². The van der Waals surface area contributed by atoms with Gasteiger partial charge in [0.2, 0.25) is 0 Å². The van der Waals surface area contributed by atoms with E-state index in [0.717, 1.165) is 18.4 Å². The van der Waals surface area contributed by atoms with Crippen LogP contribution in [0.15, 0.2) is 60.7 Å². The van der Waals surface area contributed by atoms with E-state index in [4.69, 9.17) is 0 Å². The maximum Gasteiger partial charge on any atom is 0.167 e. The SMILES string of the molecule is CCCCCc1ccc(-c2ccc(-c3ccc(C)cc3)c(F)c2F)cc1. The van der Waals surface area contributed by atoms with Crippen LogP contribution >= 0.6 is 0 Å². The second-order valence-corrected chi connectivity index (χ2v) is 6.81. The molecule has 0 saturated carbocycles. The number of halogens is 2. The van der Waals surface area contributed by atoms with Crippen LogP contribution in [-0.2, 0) is 6.42 Å². The first-order valence-electron chi connectivity index (χ1n) is 9.24. The summed E-state index contributed by atoms with van der Waals surface area (Å²) >= 11 is 0. The highest BCUT2D eigenvalue weighted by atomic mass is 19.2. The van der Waals surface area contributed by atoms with Crippen LogP contribution in [0.3, 0.4) is 0 Å². The van der Waals surface area contributed by atoms with Gasteiger partial charge in [0, 0.05) is 11.1 Å². The van der Waals surface area contributed by atoms with Crippen molar-refractivity contribution in [2.24, 2.45) is 0 Å². The van der Waals surface area contributed by atoms with Crippen molar-refractivity contribution in [1.29, 1.82) is 0 Å². The number of rotatable bonds is 6. The molecule has 0 fully saturated rings. The number of hydrogen-bond donors (Lipinski definition) is 0. The average molecular weight is 350 g/mol. The molecule has 0 heterocycles. The zero-order valence-corrected chi connectivity index (χ0v) is 15.4. The summed E-state index contributed by atoms with van der Waals surface area (Å²) < 4.78 is 29.3. The Morgan fingerprint density at radius 1 is 0.654 bits per heavy atom. The molecule has 0 aliphatic heterocycles. The molecular formula is C24H24F2. The van der Waals surface area contributed by atoms with Crippen molar-refractivity contribution in [1.82, 2.24) is 0 Å². The molecule has 26 heavy (non-hydrogen) atoms. The Kier molecular flexibility index (Phi) is 5.82. The normalized spacial score (nSPS) is 10.9. The molecule has 3 aromatic carbocycles. The van der Waals surface area contributed by atoms with E-state index in [1.54, 1.807) is 12.1 Å². The lowest BCUT2D eigenvalue weighted by molar-refractivity contribution is 0.514. The number of hydrogen-bond acceptors (Lipinski definition) is 0. The van der Waals surface area contributed by atoms with Crippen LogP contribution in [0.4, 0.5) is 8.78 Å². The van der Waals surface area contributed by atoms with Gasteiger partial charge in [0.1, 0.15) is 0 Å². The van der Waals surface area contributed by atoms with Crippen LogP contribution in [0.5, 0.6) is 0 Å². The summed E-state index contributed by atoms with van der Waals surface area (Å²) in [6.07, 6.45) is 4.58. The van der Waals surface area contributed by atoms with Crippen LogP contribution in [0.1, 0.15) is 37.3 Å². The van der Waals surface area contributed by atoms with E-state index in [2.05, 4.69) is 6.92 Å². The molecule has 3 aromatic rings. The van der Waals surface area contributed by atoms with Gasteiger partial charge in [0.15, 0.2) is 11.6 Å². The molecule has 0 N–H and O–H groups in total. The molecule has 0 unspecified atom stereocenters. The third-order valence-electron chi connectivity index (χ3n) is 4.78. The lowest BCUT2D eigenvalue weighted by atomic mass is 9.97. The van der Waals surface area contributed by atoms with Gasteiger partial charge >= 0.3 is 0 Å². The van der Waals surface area contributed by atoms with Crippen molar-refractivity contribution in [2.75, 3.05) is 0 Å². The highest BCUT2D eigenvalue weighted by Gasteiger charge is 2.15. The lowest BCUT2D eigenvalue weighted by Gasteiger charge is -2.10. The summed E-state index contributed by atoms with van der Waals surface area (Å²) in [6.45, 7) is 4.15. The zero-order chi connectivity index (χ0) is 18.5. The summed E-state index contributed by atoms with van der Waals surface area (Å²) in [5.74, 6) is -1.58. The molecule has 0 aromatic heterocycles. The second-order valence-electron chi connectivity index (χ2n) is 6.81. The van der Waals surface area contributed by atoms with Crippen molar-refractivity contribution in [3.63, 3.8) is 0 Å². The third-order valence-corrected chi connectivity index (χ3v) is 4.78. The molecule has 0 bridgehead atoms. The van der Waals surface area contributed by atoms with Crippen molar-refractivity contribution >= 4 is 0 Å². The van der Waals surface area contributed by atoms with Crippen LogP contribution in [0.2, 0.25) is 0 Å². The maximum atomic E-state index is 14.7. The molecule has 0 amide bonds. The predicted octanol–water partition coefficient (Wildman–Crippen LogP) is 7.34. The molecule has 0 aliphatic rings. The van der Waals surface area contributed by atoms with Crippen molar-refractivity contribution in [3.8, 4) is 22.3 Å². The van der Waals surface area contributed by atoms with E-state index in [0.29, 0.717) is 22.3 Å². The van der Waals surface area contributed by atoms with Gasteiger partial charge in [-0.1, -0.05) is 86.0 Å². The minimum Gasteiger partial charge on any atom is -0.203 e. The molecule has 0 atom stereocenters. The Morgan fingerprint density at radius 3 is 1.65 bits per heavy atom. The second kappa shape index (κ2) is 8.27. The van der Waals surface area contributed by atoms with Gasteiger partial charge < -0.3 is 0 Å². The van der Waals surface area contributed by atoms with E-state index in [9.17, 15) is 8.78 Å². The van der Waals surface area contributed by atoms with Gasteiger partial charge in [-0.2, -0.15) is 0 Å². The lowest BCUT2D eigenvalue weighted by Crippen LogP contribution is -1.94. The quantitative estimate of drug-likeness (QED) is 0.408. The fraction of sp³-hybridized carbons (Fsp3) is 0.250. The van der Waals surface area contributed by atoms with Gasteiger partial charge in [-0.25, -0.2) is 8.78 Å². The molecule has 3 rings (SSSR count). The van der Waals surface area contributed by atoms with Crippen LogP contribution in [0.25, 0.3) is 22.3 Å². The molecule has 134 valence electrons. The number of unbranched alkanes of at least 4 members (excludes halogenated alkanes) is 2. The van der Waals surface area contributed by atoms with Crippen molar-refractivity contribution < 1.29 is 8.78 Å². The van der Waals surface area contributed by atoms with E-state index in [1.165, 1.54) is 18.4 Å². The first-order chi connectivity index (χ1) is 12.6. The highest BCUT2D eigenvalue weighted by molar-refractivity contribution is 5.72. The van der Waals surface area contributed by atoms with Crippen LogP contribution in [-0.4, -0.2) is 0 Å². The van der Waals surface area contributed by atoms with E-state index < -0.39 is 11.6 Å². The monoisotopic (exact) mass is 350 g/mol. The number of aryl methyl sites for hydroxylation is 2. The Morgan fingerprint density at radius 2 is 1.15 bits per heavy atom. The van der Waals surface area contributed by atoms with Crippen LogP contribution < -0.4 is 0 Å². The highest BCUT2D eigenvalue weighted by Crippen LogP contribution is 2.31. The average Bonchev–Trinajstić information content (AvgIpc) is 2.66. The van der Waals surface area contributed by atoms with Gasteiger partial charge in [-0.15, -0.1) is 0 Å². The van der Waals surface area contributed by atoms with Gasteiger partial charge in [-0.05, 0) is 36.5 Å². The molecule has 0 radical (unpaired) electrons. The van der Waals surface area contributed by atoms with E-state index in [1.807, 2.05) is 55.5 Å². The van der Waals surface area contributed by atoms with E-state index in [-0.39, 0.29) is 0 Å². The minimum absolute atomic E-state index is 0.294. The van der Waals surface area contributed by atoms with Crippen molar-refractivity contribution in [3.05, 3.63) is 83.4 Å². The topological polar surface area (TPSA) is 0 Å². The Balaban J connectivity index is 1.87. The predicted molar refractivity (Wildman–Crippen MR) is 105 cm³/mol. The molecule has 0 aliphatic carbocycles. The molecule has 0 saturated heterocycles. The van der Waals surface area contributed by atoms with Crippen molar-refractivity contribution in [2.45, 2.75) is 39.5 Å². The number of benzene rings is 3.